The van der Waals surface area contributed by atoms with Crippen molar-refractivity contribution in [2.75, 3.05) is 12.9 Å². The van der Waals surface area contributed by atoms with Gasteiger partial charge in [0.15, 0.2) is 5.11 Å². The van der Waals surface area contributed by atoms with Crippen molar-refractivity contribution in [1.82, 2.24) is 4.72 Å². The standard InChI is InChI=1S/C19H20ClN3OS2/c1-24-17-7-2-4-14(12-17)8-10-26(23-19(21)25)11-9-22-18(26)15-5-3-6-16(20)13-15/h2-7,9,11-13H,8,10H2,1H3,(H3,21,23,25). The van der Waals surface area contributed by atoms with Crippen molar-refractivity contribution in [3.8, 4) is 5.75 Å². The summed E-state index contributed by atoms with van der Waals surface area (Å²) in [4.78, 5) is 4.61. The van der Waals surface area contributed by atoms with E-state index in [1.54, 1.807) is 7.11 Å². The summed E-state index contributed by atoms with van der Waals surface area (Å²) in [6.45, 7) is 0. The van der Waals surface area contributed by atoms with E-state index in [9.17, 15) is 0 Å². The second-order valence-electron chi connectivity index (χ2n) is 5.79. The number of hydrogen-bond acceptors (Lipinski definition) is 3. The first-order valence-corrected chi connectivity index (χ1v) is 10.7. The van der Waals surface area contributed by atoms with Gasteiger partial charge in [0.1, 0.15) is 10.8 Å². The maximum Gasteiger partial charge on any atom is 0.173 e. The molecule has 0 aliphatic carbocycles. The van der Waals surface area contributed by atoms with Crippen molar-refractivity contribution < 1.29 is 4.74 Å². The number of halogens is 1. The predicted octanol–water partition coefficient (Wildman–Crippen LogP) is 4.38. The lowest BCUT2D eigenvalue weighted by atomic mass is 10.2. The van der Waals surface area contributed by atoms with Gasteiger partial charge in [-0.15, -0.1) is 10.2 Å². The highest BCUT2D eigenvalue weighted by atomic mass is 35.5. The number of aliphatic imine (C=N–C) groups is 1. The van der Waals surface area contributed by atoms with Gasteiger partial charge in [0, 0.05) is 22.5 Å². The van der Waals surface area contributed by atoms with Crippen LogP contribution in [0.5, 0.6) is 5.75 Å². The molecule has 7 heteroatoms. The van der Waals surface area contributed by atoms with E-state index in [1.165, 1.54) is 5.56 Å². The Kier molecular flexibility index (Phi) is 5.86. The SMILES string of the molecule is COc1cccc(CCS2(NC(N)=S)C=CN=C2c2cccc(Cl)c2)c1. The monoisotopic (exact) mass is 405 g/mol. The second-order valence-corrected chi connectivity index (χ2v) is 9.53. The number of ether oxygens (including phenoxy) is 1. The summed E-state index contributed by atoms with van der Waals surface area (Å²) in [6.07, 6.45) is 2.66. The highest BCUT2D eigenvalue weighted by Crippen LogP contribution is 2.52. The Morgan fingerprint density at radius 2 is 2.08 bits per heavy atom. The molecule has 2 aromatic carbocycles. The fourth-order valence-electron chi connectivity index (χ4n) is 2.85. The molecule has 136 valence electrons. The fourth-order valence-corrected chi connectivity index (χ4v) is 6.19. The number of nitrogens with zero attached hydrogens (tertiary/aromatic N) is 1. The maximum absolute atomic E-state index is 6.18. The van der Waals surface area contributed by atoms with E-state index >= 15 is 0 Å². The summed E-state index contributed by atoms with van der Waals surface area (Å²) in [5.41, 5.74) is 8.01. The molecule has 0 radical (unpaired) electrons. The molecule has 0 aromatic heterocycles. The molecular formula is C19H20ClN3OS2. The van der Waals surface area contributed by atoms with Crippen LogP contribution in [0.25, 0.3) is 0 Å². The van der Waals surface area contributed by atoms with Crippen LogP contribution in [-0.2, 0) is 6.42 Å². The fraction of sp³-hybridized carbons (Fsp3) is 0.158. The number of nitrogens with two attached hydrogens (primary N) is 1. The average Bonchev–Trinajstić information content (AvgIpc) is 3.03. The molecule has 1 heterocycles. The van der Waals surface area contributed by atoms with E-state index in [2.05, 4.69) is 21.2 Å². The van der Waals surface area contributed by atoms with Gasteiger partial charge in [0.05, 0.1) is 7.11 Å². The van der Waals surface area contributed by atoms with Gasteiger partial charge in [-0.3, -0.25) is 0 Å². The van der Waals surface area contributed by atoms with Crippen molar-refractivity contribution in [2.45, 2.75) is 6.42 Å². The number of rotatable bonds is 6. The first kappa shape index (κ1) is 18.8. The largest absolute Gasteiger partial charge is 0.497 e. The van der Waals surface area contributed by atoms with Gasteiger partial charge in [0.2, 0.25) is 0 Å². The van der Waals surface area contributed by atoms with Gasteiger partial charge in [-0.25, -0.2) is 4.99 Å². The van der Waals surface area contributed by atoms with Gasteiger partial charge in [-0.2, -0.15) is 0 Å². The summed E-state index contributed by atoms with van der Waals surface area (Å²) < 4.78 is 8.64. The van der Waals surface area contributed by atoms with Crippen LogP contribution in [0.1, 0.15) is 11.1 Å². The lowest BCUT2D eigenvalue weighted by molar-refractivity contribution is 0.414. The van der Waals surface area contributed by atoms with Crippen LogP contribution in [-0.4, -0.2) is 23.0 Å². The highest BCUT2D eigenvalue weighted by Gasteiger charge is 2.32. The van der Waals surface area contributed by atoms with Gasteiger partial charge >= 0.3 is 0 Å². The molecule has 26 heavy (non-hydrogen) atoms. The third-order valence-electron chi connectivity index (χ3n) is 4.03. The number of nitrogens with one attached hydrogen (secondary N) is 1. The summed E-state index contributed by atoms with van der Waals surface area (Å²) in [6, 6.07) is 15.8. The number of thiocarbonyl (C=S) groups is 1. The number of benzene rings is 2. The zero-order valence-electron chi connectivity index (χ0n) is 14.3. The first-order valence-electron chi connectivity index (χ1n) is 8.04. The van der Waals surface area contributed by atoms with Crippen molar-refractivity contribution in [1.29, 1.82) is 0 Å². The second kappa shape index (κ2) is 8.12. The Labute approximate surface area is 165 Å². The Morgan fingerprint density at radius 3 is 2.81 bits per heavy atom. The Balaban J connectivity index is 1.89. The van der Waals surface area contributed by atoms with E-state index < -0.39 is 10.2 Å². The quantitative estimate of drug-likeness (QED) is 0.700. The zero-order chi connectivity index (χ0) is 18.6. The molecule has 1 aliphatic heterocycles. The molecule has 1 aliphatic rings. The Morgan fingerprint density at radius 1 is 1.27 bits per heavy atom. The minimum atomic E-state index is -1.64. The molecule has 3 rings (SSSR count). The lowest BCUT2D eigenvalue weighted by Crippen LogP contribution is -2.36. The van der Waals surface area contributed by atoms with Gasteiger partial charge < -0.3 is 15.2 Å². The Hall–Kier alpha value is -2.02. The molecule has 0 saturated heterocycles. The Bertz CT molecular complexity index is 885. The van der Waals surface area contributed by atoms with Crippen molar-refractivity contribution in [3.63, 3.8) is 0 Å². The predicted molar refractivity (Wildman–Crippen MR) is 116 cm³/mol. The summed E-state index contributed by atoms with van der Waals surface area (Å²) in [5, 5.41) is 3.97. The minimum Gasteiger partial charge on any atom is -0.497 e. The smallest absolute Gasteiger partial charge is 0.173 e. The molecule has 0 bridgehead atoms. The number of hydrogen-bond donors (Lipinski definition) is 2. The van der Waals surface area contributed by atoms with E-state index in [1.807, 2.05) is 48.7 Å². The third kappa shape index (κ3) is 4.20. The lowest BCUT2D eigenvalue weighted by Gasteiger charge is -2.36. The molecule has 0 spiro atoms. The van der Waals surface area contributed by atoms with Gasteiger partial charge in [-0.05, 0) is 53.9 Å². The molecule has 1 unspecified atom stereocenters. The van der Waals surface area contributed by atoms with E-state index in [0.29, 0.717) is 5.02 Å². The highest BCUT2D eigenvalue weighted by molar-refractivity contribution is 8.47. The molecule has 1 atom stereocenters. The minimum absolute atomic E-state index is 0.270. The molecule has 4 nitrogen and oxygen atoms in total. The van der Waals surface area contributed by atoms with Crippen molar-refractivity contribution >= 4 is 44.2 Å². The maximum atomic E-state index is 6.18. The summed E-state index contributed by atoms with van der Waals surface area (Å²) >= 11 is 11.3. The van der Waals surface area contributed by atoms with Crippen LogP contribution in [0, 0.1) is 0 Å². The zero-order valence-corrected chi connectivity index (χ0v) is 16.7. The van der Waals surface area contributed by atoms with Crippen LogP contribution >= 0.6 is 34.0 Å². The van der Waals surface area contributed by atoms with Crippen molar-refractivity contribution in [2.24, 2.45) is 10.7 Å². The number of aryl methyl sites for hydroxylation is 1. The summed E-state index contributed by atoms with van der Waals surface area (Å²) in [7, 11) is 0.0355. The molecule has 0 saturated carbocycles. The normalized spacial score (nSPS) is 20.9. The first-order chi connectivity index (χ1) is 12.5. The van der Waals surface area contributed by atoms with Crippen LogP contribution < -0.4 is 15.2 Å². The topological polar surface area (TPSA) is 59.6 Å². The number of methoxy groups -OCH3 is 1. The van der Waals surface area contributed by atoms with E-state index in [0.717, 1.165) is 28.5 Å². The van der Waals surface area contributed by atoms with Crippen LogP contribution in [0.2, 0.25) is 5.02 Å². The molecule has 0 amide bonds. The van der Waals surface area contributed by atoms with Crippen LogP contribution in [0.4, 0.5) is 0 Å². The third-order valence-corrected chi connectivity index (χ3v) is 7.55. The molecular weight excluding hydrogens is 386 g/mol. The molecule has 2 aromatic rings. The van der Waals surface area contributed by atoms with Crippen LogP contribution in [0.3, 0.4) is 0 Å². The van der Waals surface area contributed by atoms with E-state index in [4.69, 9.17) is 34.3 Å². The van der Waals surface area contributed by atoms with E-state index in [-0.39, 0.29) is 5.11 Å². The molecule has 0 fully saturated rings. The average molecular weight is 406 g/mol. The molecule has 3 N–H and O–H groups in total. The van der Waals surface area contributed by atoms with Crippen molar-refractivity contribution in [3.05, 3.63) is 76.3 Å². The summed E-state index contributed by atoms with van der Waals surface area (Å²) in [5.74, 6) is 1.67. The van der Waals surface area contributed by atoms with Gasteiger partial charge in [-0.1, -0.05) is 35.9 Å². The van der Waals surface area contributed by atoms with Crippen LogP contribution in [0.15, 0.2) is 65.1 Å². The van der Waals surface area contributed by atoms with Gasteiger partial charge in [0.25, 0.3) is 0 Å².